The van der Waals surface area contributed by atoms with Crippen LogP contribution in [-0.2, 0) is 29.0 Å². The molecule has 7 rings (SSSR count). The first-order valence-electron chi connectivity index (χ1n) is 12.5. The number of nitrogens with one attached hydrogen (secondary N) is 1. The van der Waals surface area contributed by atoms with Crippen LogP contribution in [0, 0.1) is 23.2 Å². The van der Waals surface area contributed by atoms with Crippen LogP contribution in [0.4, 0.5) is 5.82 Å². The maximum atomic E-state index is 13.5. The van der Waals surface area contributed by atoms with Gasteiger partial charge >= 0.3 is 0 Å². The number of amides is 2. The van der Waals surface area contributed by atoms with E-state index in [1.807, 2.05) is 23.1 Å². The molecule has 4 saturated carbocycles. The average molecular weight is 445 g/mol. The lowest BCUT2D eigenvalue weighted by atomic mass is 9.49. The first-order valence-corrected chi connectivity index (χ1v) is 12.5. The molecular weight excluding hydrogens is 412 g/mol. The number of hydrogen-bond donors (Lipinski definition) is 1. The topological polar surface area (TPSA) is 75.2 Å². The summed E-state index contributed by atoms with van der Waals surface area (Å²) in [7, 11) is 0. The monoisotopic (exact) mass is 444 g/mol. The molecule has 6 nitrogen and oxygen atoms in total. The van der Waals surface area contributed by atoms with Crippen LogP contribution in [0.15, 0.2) is 36.7 Å². The van der Waals surface area contributed by atoms with E-state index >= 15 is 0 Å². The molecule has 6 heteroatoms. The van der Waals surface area contributed by atoms with Gasteiger partial charge in [-0.2, -0.15) is 0 Å². The van der Waals surface area contributed by atoms with Crippen LogP contribution in [-0.4, -0.2) is 33.2 Å². The Bertz CT molecular complexity index is 1030. The second-order valence-electron chi connectivity index (χ2n) is 10.9. The number of carbonyl (C=O) groups excluding carboxylic acids is 2. The van der Waals surface area contributed by atoms with Gasteiger partial charge in [0, 0.05) is 18.5 Å². The largest absolute Gasteiger partial charge is 0.336 e. The molecule has 1 aromatic carbocycles. The van der Waals surface area contributed by atoms with Crippen LogP contribution in [0.2, 0.25) is 0 Å². The highest BCUT2D eigenvalue weighted by atomic mass is 16.2. The van der Waals surface area contributed by atoms with Crippen molar-refractivity contribution in [2.75, 3.05) is 11.9 Å². The van der Waals surface area contributed by atoms with E-state index in [0.717, 1.165) is 54.7 Å². The second-order valence-corrected chi connectivity index (χ2v) is 10.9. The Morgan fingerprint density at radius 1 is 1.00 bits per heavy atom. The van der Waals surface area contributed by atoms with Crippen molar-refractivity contribution in [2.24, 2.45) is 23.2 Å². The lowest BCUT2D eigenvalue weighted by Crippen LogP contribution is -2.52. The Morgan fingerprint density at radius 3 is 2.39 bits per heavy atom. The maximum absolute atomic E-state index is 13.5. The van der Waals surface area contributed by atoms with E-state index in [1.165, 1.54) is 31.2 Å². The number of aromatic nitrogens is 2. The Hall–Kier alpha value is -2.76. The highest BCUT2D eigenvalue weighted by molar-refractivity contribution is 5.95. The number of anilines is 1. The number of hydrogen-bond acceptors (Lipinski definition) is 4. The molecule has 5 aliphatic rings. The normalized spacial score (nSPS) is 29.6. The fourth-order valence-electron chi connectivity index (χ4n) is 7.36. The van der Waals surface area contributed by atoms with Crippen LogP contribution in [0.25, 0.3) is 0 Å². The molecule has 1 aliphatic heterocycles. The predicted molar refractivity (Wildman–Crippen MR) is 125 cm³/mol. The zero-order valence-corrected chi connectivity index (χ0v) is 19.1. The van der Waals surface area contributed by atoms with E-state index in [1.54, 1.807) is 0 Å². The van der Waals surface area contributed by atoms with Gasteiger partial charge in [-0.05, 0) is 74.7 Å². The van der Waals surface area contributed by atoms with Crippen molar-refractivity contribution in [3.05, 3.63) is 53.5 Å². The van der Waals surface area contributed by atoms with E-state index in [2.05, 4.69) is 27.4 Å². The molecule has 0 atom stereocenters. The first kappa shape index (κ1) is 20.8. The van der Waals surface area contributed by atoms with Crippen molar-refractivity contribution >= 4 is 17.6 Å². The van der Waals surface area contributed by atoms with Crippen LogP contribution >= 0.6 is 0 Å². The molecule has 0 saturated heterocycles. The number of fused-ring (bicyclic) bond motifs is 1. The quantitative estimate of drug-likeness (QED) is 0.752. The van der Waals surface area contributed by atoms with Crippen LogP contribution in [0.1, 0.15) is 61.8 Å². The smallest absolute Gasteiger partial charge is 0.231 e. The van der Waals surface area contributed by atoms with E-state index < -0.39 is 0 Å². The minimum Gasteiger partial charge on any atom is -0.336 e. The summed E-state index contributed by atoms with van der Waals surface area (Å²) in [5.41, 5.74) is 2.86. The molecule has 0 radical (unpaired) electrons. The van der Waals surface area contributed by atoms with Gasteiger partial charge in [-0.25, -0.2) is 9.97 Å². The number of nitrogens with zero attached hydrogens (tertiary/aromatic N) is 3. The van der Waals surface area contributed by atoms with Crippen LogP contribution in [0.5, 0.6) is 0 Å². The Morgan fingerprint density at radius 2 is 1.70 bits per heavy atom. The van der Waals surface area contributed by atoms with Crippen molar-refractivity contribution in [1.82, 2.24) is 14.9 Å². The van der Waals surface area contributed by atoms with E-state index in [0.29, 0.717) is 31.7 Å². The highest BCUT2D eigenvalue weighted by Gasteiger charge is 2.54. The molecule has 1 aromatic heterocycles. The summed E-state index contributed by atoms with van der Waals surface area (Å²) < 4.78 is 0. The molecule has 4 fully saturated rings. The van der Waals surface area contributed by atoms with Gasteiger partial charge in [0.2, 0.25) is 11.8 Å². The molecule has 0 spiro atoms. The molecule has 2 aromatic rings. The van der Waals surface area contributed by atoms with Gasteiger partial charge in [0.25, 0.3) is 0 Å². The summed E-state index contributed by atoms with van der Waals surface area (Å²) in [6.45, 7) is 1.14. The zero-order chi connectivity index (χ0) is 22.4. The van der Waals surface area contributed by atoms with Crippen molar-refractivity contribution in [1.29, 1.82) is 0 Å². The molecular formula is C27H32N4O2. The molecule has 2 heterocycles. The zero-order valence-electron chi connectivity index (χ0n) is 19.1. The third-order valence-electron chi connectivity index (χ3n) is 8.58. The third kappa shape index (κ3) is 3.94. The summed E-state index contributed by atoms with van der Waals surface area (Å²) in [5, 5.41) is 3.22. The number of rotatable bonds is 5. The summed E-state index contributed by atoms with van der Waals surface area (Å²) in [4.78, 5) is 37.1. The molecule has 2 amide bonds. The summed E-state index contributed by atoms with van der Waals surface area (Å²) >= 11 is 0. The number of carbonyl (C=O) groups is 2. The minimum atomic E-state index is -0.194. The molecule has 33 heavy (non-hydrogen) atoms. The van der Waals surface area contributed by atoms with Gasteiger partial charge in [0.05, 0.1) is 17.7 Å². The molecule has 1 N–H and O–H groups in total. The Labute approximate surface area is 195 Å². The Kier molecular flexibility index (Phi) is 5.19. The molecule has 4 bridgehead atoms. The van der Waals surface area contributed by atoms with E-state index in [9.17, 15) is 9.59 Å². The van der Waals surface area contributed by atoms with Crippen LogP contribution in [0.3, 0.4) is 0 Å². The van der Waals surface area contributed by atoms with Crippen molar-refractivity contribution in [3.63, 3.8) is 0 Å². The van der Waals surface area contributed by atoms with E-state index in [-0.39, 0.29) is 17.2 Å². The third-order valence-corrected chi connectivity index (χ3v) is 8.58. The highest BCUT2D eigenvalue weighted by Crippen LogP contribution is 2.60. The van der Waals surface area contributed by atoms with Crippen molar-refractivity contribution < 1.29 is 9.59 Å². The van der Waals surface area contributed by atoms with Gasteiger partial charge < -0.3 is 10.2 Å². The fourth-order valence-corrected chi connectivity index (χ4v) is 7.36. The lowest BCUT2D eigenvalue weighted by molar-refractivity contribution is -0.140. The number of aryl methyl sites for hydroxylation is 1. The van der Waals surface area contributed by atoms with Crippen molar-refractivity contribution in [2.45, 2.75) is 64.3 Å². The SMILES string of the molecule is O=C(CCc1ccccc1)N1CCc2c(ncnc2NC(=O)C23CC4CC(CC(C4)C2)C3)C1. The fraction of sp³-hybridized carbons (Fsp3) is 0.556. The summed E-state index contributed by atoms with van der Waals surface area (Å²) in [6, 6.07) is 10.1. The molecule has 0 unspecified atom stereocenters. The van der Waals surface area contributed by atoms with Gasteiger partial charge in [0.15, 0.2) is 0 Å². The average Bonchev–Trinajstić information content (AvgIpc) is 2.82. The number of benzene rings is 1. The van der Waals surface area contributed by atoms with Crippen LogP contribution < -0.4 is 5.32 Å². The second kappa shape index (κ2) is 8.23. The summed E-state index contributed by atoms with van der Waals surface area (Å²) in [6.07, 6.45) is 10.6. The standard InChI is InChI=1S/C27H32N4O2/c32-24(7-6-18-4-2-1-3-5-18)31-9-8-22-23(16-31)28-17-29-25(22)30-26(33)27-13-19-10-20(14-27)12-21(11-19)15-27/h1-5,17,19-21H,6-16H2,(H,28,29,30,33). The first-order chi connectivity index (χ1) is 16.1. The Balaban J connectivity index is 1.13. The van der Waals surface area contributed by atoms with Gasteiger partial charge in [-0.1, -0.05) is 30.3 Å². The predicted octanol–water partition coefficient (Wildman–Crippen LogP) is 4.15. The maximum Gasteiger partial charge on any atom is 0.231 e. The van der Waals surface area contributed by atoms with Gasteiger partial charge in [-0.15, -0.1) is 0 Å². The minimum absolute atomic E-state index is 0.155. The van der Waals surface area contributed by atoms with Gasteiger partial charge in [-0.3, -0.25) is 9.59 Å². The van der Waals surface area contributed by atoms with E-state index in [4.69, 9.17) is 0 Å². The summed E-state index contributed by atoms with van der Waals surface area (Å²) in [5.74, 6) is 3.19. The van der Waals surface area contributed by atoms with Gasteiger partial charge in [0.1, 0.15) is 12.1 Å². The molecule has 4 aliphatic carbocycles. The molecule has 172 valence electrons. The van der Waals surface area contributed by atoms with Crippen molar-refractivity contribution in [3.8, 4) is 0 Å². The lowest BCUT2D eigenvalue weighted by Gasteiger charge is -2.55.